The van der Waals surface area contributed by atoms with Crippen molar-refractivity contribution in [1.29, 1.82) is 0 Å². The lowest BCUT2D eigenvalue weighted by molar-refractivity contribution is -0.167. The van der Waals surface area contributed by atoms with Crippen LogP contribution in [-0.2, 0) is 28.6 Å². The number of carbonyl (C=O) groups is 3. The maximum absolute atomic E-state index is 12.9. The Kier molecular flexibility index (Phi) is 61.5. The number of ether oxygens (including phenoxy) is 3. The molecule has 6 heteroatoms. The third-order valence-corrected chi connectivity index (χ3v) is 12.6. The number of esters is 3. The maximum atomic E-state index is 12.9. The summed E-state index contributed by atoms with van der Waals surface area (Å²) in [5.74, 6) is -1.05. The molecule has 0 amide bonds. The van der Waals surface area contributed by atoms with Crippen LogP contribution in [0, 0.1) is 0 Å². The van der Waals surface area contributed by atoms with Crippen molar-refractivity contribution in [1.82, 2.24) is 0 Å². The van der Waals surface area contributed by atoms with Gasteiger partial charge in [0, 0.05) is 19.3 Å². The van der Waals surface area contributed by atoms with Gasteiger partial charge in [0.15, 0.2) is 6.10 Å². The van der Waals surface area contributed by atoms with Crippen molar-refractivity contribution in [3.05, 3.63) is 182 Å². The SMILES string of the molecule is CC/C=C\C/C=C\C/C=C\C/C=C\C/C=C\C/C=C\C/C=C\C/C=C\CCCCC(=O)OCC(COC(=O)CCC/C=C\C/C=C\C/C=C\C/C=C\C/C=C\CC)OC(=O)CCCCCCCCC/C=C\C/C=C\CCCCCC. The number of carbonyl (C=O) groups excluding carboxylic acids is 3. The van der Waals surface area contributed by atoms with Gasteiger partial charge in [0.05, 0.1) is 0 Å². The molecule has 0 bridgehead atoms. The molecule has 0 radical (unpaired) electrons. The molecule has 0 N–H and O–H groups in total. The van der Waals surface area contributed by atoms with Crippen molar-refractivity contribution in [3.63, 3.8) is 0 Å². The van der Waals surface area contributed by atoms with Crippen LogP contribution in [0.25, 0.3) is 0 Å². The molecular formula is C74H114O6. The highest BCUT2D eigenvalue weighted by Gasteiger charge is 2.19. The minimum absolute atomic E-state index is 0.131. The normalized spacial score (nSPS) is 13.4. The van der Waals surface area contributed by atoms with Gasteiger partial charge in [-0.15, -0.1) is 0 Å². The van der Waals surface area contributed by atoms with E-state index in [2.05, 4.69) is 203 Å². The Labute approximate surface area is 491 Å². The van der Waals surface area contributed by atoms with Crippen LogP contribution in [-0.4, -0.2) is 37.2 Å². The number of hydrogen-bond acceptors (Lipinski definition) is 6. The standard InChI is InChI=1S/C74H114O6/c1-4-7-10-13-16-19-22-25-28-31-33-34-35-36-37-38-39-40-41-44-46-49-52-55-58-61-64-67-73(76)79-70-71(69-78-72(75)66-63-60-57-54-51-48-45-42-30-27-24-21-18-15-12-9-6-3)80-74(77)68-65-62-59-56-53-50-47-43-32-29-26-23-20-17-14-11-8-5-2/h7,9-10,12,16,18-21,23,25,27-30,32-34,36-37,39-40,44-46,48,52,54-55,57,71H,4-6,8,11,13-15,17,22,24,26,31,35,38,41-43,47,49-51,53,56,58-70H2,1-3H3/b10-7-,12-9-,19-16-,21-18-,23-20-,28-25-,30-27-,32-29-,34-33-,37-36-,40-39-,46-44-,48-45-,55-52-,57-54-. The second kappa shape index (κ2) is 66.0. The van der Waals surface area contributed by atoms with Crippen molar-refractivity contribution in [2.24, 2.45) is 0 Å². The van der Waals surface area contributed by atoms with E-state index in [0.717, 1.165) is 141 Å². The van der Waals surface area contributed by atoms with Gasteiger partial charge in [-0.1, -0.05) is 254 Å². The second-order valence-corrected chi connectivity index (χ2v) is 20.2. The van der Waals surface area contributed by atoms with E-state index in [1.54, 1.807) is 0 Å². The van der Waals surface area contributed by atoms with E-state index in [9.17, 15) is 14.4 Å². The number of hydrogen-bond donors (Lipinski definition) is 0. The van der Waals surface area contributed by atoms with Crippen LogP contribution in [0.4, 0.5) is 0 Å². The summed E-state index contributed by atoms with van der Waals surface area (Å²) >= 11 is 0. The van der Waals surface area contributed by atoms with Gasteiger partial charge >= 0.3 is 17.9 Å². The zero-order valence-corrected chi connectivity index (χ0v) is 51.0. The van der Waals surface area contributed by atoms with Gasteiger partial charge in [-0.05, 0) is 154 Å². The first-order chi connectivity index (χ1) is 39.5. The first-order valence-corrected chi connectivity index (χ1v) is 31.8. The summed E-state index contributed by atoms with van der Waals surface area (Å²) in [5.41, 5.74) is 0. The maximum Gasteiger partial charge on any atom is 0.306 e. The van der Waals surface area contributed by atoms with Gasteiger partial charge in [-0.25, -0.2) is 0 Å². The van der Waals surface area contributed by atoms with E-state index < -0.39 is 6.10 Å². The van der Waals surface area contributed by atoms with Crippen molar-refractivity contribution >= 4 is 17.9 Å². The number of unbranched alkanes of at least 4 members (excludes halogenated alkanes) is 14. The summed E-state index contributed by atoms with van der Waals surface area (Å²) in [6, 6.07) is 0. The smallest absolute Gasteiger partial charge is 0.306 e. The summed E-state index contributed by atoms with van der Waals surface area (Å²) in [7, 11) is 0. The van der Waals surface area contributed by atoms with Crippen LogP contribution in [0.15, 0.2) is 182 Å². The Morgan fingerprint density at radius 2 is 0.500 bits per heavy atom. The van der Waals surface area contributed by atoms with E-state index in [1.165, 1.54) is 51.4 Å². The van der Waals surface area contributed by atoms with Gasteiger partial charge in [-0.2, -0.15) is 0 Å². The Bertz CT molecular complexity index is 1890. The average molecular weight is 1100 g/mol. The molecule has 0 aliphatic heterocycles. The van der Waals surface area contributed by atoms with Crippen molar-refractivity contribution in [2.45, 2.75) is 252 Å². The third-order valence-electron chi connectivity index (χ3n) is 12.6. The Hall–Kier alpha value is -5.49. The Morgan fingerprint density at radius 3 is 0.838 bits per heavy atom. The molecule has 0 aliphatic carbocycles. The summed E-state index contributed by atoms with van der Waals surface area (Å²) < 4.78 is 16.8. The fraction of sp³-hybridized carbons (Fsp3) is 0.554. The van der Waals surface area contributed by atoms with Crippen LogP contribution in [0.1, 0.15) is 245 Å². The average Bonchev–Trinajstić information content (AvgIpc) is 3.46. The molecule has 0 heterocycles. The quantitative estimate of drug-likeness (QED) is 0.0261. The summed E-state index contributed by atoms with van der Waals surface area (Å²) in [4.78, 5) is 38.3. The molecule has 446 valence electrons. The Morgan fingerprint density at radius 1 is 0.263 bits per heavy atom. The highest BCUT2D eigenvalue weighted by Crippen LogP contribution is 2.13. The molecular weight excluding hydrogens is 985 g/mol. The highest BCUT2D eigenvalue weighted by molar-refractivity contribution is 5.71. The van der Waals surface area contributed by atoms with Gasteiger partial charge in [0.2, 0.25) is 0 Å². The van der Waals surface area contributed by atoms with Gasteiger partial charge < -0.3 is 14.2 Å². The lowest BCUT2D eigenvalue weighted by atomic mass is 10.1. The van der Waals surface area contributed by atoms with E-state index in [4.69, 9.17) is 14.2 Å². The highest BCUT2D eigenvalue weighted by atomic mass is 16.6. The third kappa shape index (κ3) is 63.3. The molecule has 0 aliphatic rings. The van der Waals surface area contributed by atoms with E-state index >= 15 is 0 Å². The van der Waals surface area contributed by atoms with Gasteiger partial charge in [-0.3, -0.25) is 14.4 Å². The van der Waals surface area contributed by atoms with Crippen molar-refractivity contribution < 1.29 is 28.6 Å². The van der Waals surface area contributed by atoms with Crippen LogP contribution in [0.2, 0.25) is 0 Å². The van der Waals surface area contributed by atoms with Crippen LogP contribution in [0.5, 0.6) is 0 Å². The zero-order valence-electron chi connectivity index (χ0n) is 51.0. The number of rotatable bonds is 55. The summed E-state index contributed by atoms with van der Waals surface area (Å²) in [6.45, 7) is 6.29. The molecule has 0 saturated heterocycles. The second-order valence-electron chi connectivity index (χ2n) is 20.2. The fourth-order valence-corrected chi connectivity index (χ4v) is 7.93. The number of allylic oxidation sites excluding steroid dienone is 30. The molecule has 0 spiro atoms. The van der Waals surface area contributed by atoms with Gasteiger partial charge in [0.25, 0.3) is 0 Å². The van der Waals surface area contributed by atoms with E-state index in [0.29, 0.717) is 12.8 Å². The Balaban J connectivity index is 4.57. The van der Waals surface area contributed by atoms with Crippen LogP contribution >= 0.6 is 0 Å². The molecule has 0 aromatic rings. The molecule has 80 heavy (non-hydrogen) atoms. The monoisotopic (exact) mass is 1100 g/mol. The molecule has 0 saturated carbocycles. The predicted molar refractivity (Wildman–Crippen MR) is 348 cm³/mol. The molecule has 6 nitrogen and oxygen atoms in total. The topological polar surface area (TPSA) is 78.9 Å². The first-order valence-electron chi connectivity index (χ1n) is 31.8. The molecule has 1 unspecified atom stereocenters. The fourth-order valence-electron chi connectivity index (χ4n) is 7.93. The molecule has 1 atom stereocenters. The van der Waals surface area contributed by atoms with Crippen LogP contribution in [0.3, 0.4) is 0 Å². The van der Waals surface area contributed by atoms with Crippen LogP contribution < -0.4 is 0 Å². The molecule has 0 rings (SSSR count). The van der Waals surface area contributed by atoms with E-state index in [1.807, 2.05) is 0 Å². The zero-order chi connectivity index (χ0) is 57.8. The minimum atomic E-state index is -0.836. The minimum Gasteiger partial charge on any atom is -0.462 e. The van der Waals surface area contributed by atoms with E-state index in [-0.39, 0.29) is 50.4 Å². The van der Waals surface area contributed by atoms with Crippen molar-refractivity contribution in [3.8, 4) is 0 Å². The first kappa shape index (κ1) is 74.5. The van der Waals surface area contributed by atoms with Crippen molar-refractivity contribution in [2.75, 3.05) is 13.2 Å². The largest absolute Gasteiger partial charge is 0.462 e. The summed E-state index contributed by atoms with van der Waals surface area (Å²) in [6.07, 6.45) is 99.0. The molecule has 0 aromatic heterocycles. The predicted octanol–water partition coefficient (Wildman–Crippen LogP) is 22.0. The molecule has 0 aromatic carbocycles. The molecule has 0 fully saturated rings. The summed E-state index contributed by atoms with van der Waals surface area (Å²) in [5, 5.41) is 0. The lowest BCUT2D eigenvalue weighted by Gasteiger charge is -2.18. The lowest BCUT2D eigenvalue weighted by Crippen LogP contribution is -2.30. The van der Waals surface area contributed by atoms with Gasteiger partial charge in [0.1, 0.15) is 13.2 Å².